The lowest BCUT2D eigenvalue weighted by atomic mass is 10.1. The summed E-state index contributed by atoms with van der Waals surface area (Å²) in [6.07, 6.45) is 3.00. The molecule has 0 atom stereocenters. The van der Waals surface area contributed by atoms with Gasteiger partial charge in [-0.1, -0.05) is 13.3 Å². The first kappa shape index (κ1) is 17.0. The molecule has 5 heteroatoms. The second-order valence-corrected chi connectivity index (χ2v) is 5.86. The number of esters is 2. The van der Waals surface area contributed by atoms with Crippen LogP contribution in [0.25, 0.3) is 0 Å². The maximum atomic E-state index is 12.3. The Balaban J connectivity index is 1.63. The Morgan fingerprint density at radius 1 is 1.08 bits per heavy atom. The molecule has 1 heterocycles. The SMILES string of the molecule is CCCCOc1ccc(C(=O)Oc2ccc3c(c2)CCC(=O)O3)cc1. The summed E-state index contributed by atoms with van der Waals surface area (Å²) in [4.78, 5) is 23.5. The minimum Gasteiger partial charge on any atom is -0.494 e. The van der Waals surface area contributed by atoms with Crippen LogP contribution in [0.2, 0.25) is 0 Å². The van der Waals surface area contributed by atoms with Crippen molar-refractivity contribution in [1.82, 2.24) is 0 Å². The number of unbranched alkanes of at least 4 members (excludes halogenated alkanes) is 1. The number of hydrogen-bond acceptors (Lipinski definition) is 5. The Labute approximate surface area is 146 Å². The molecule has 25 heavy (non-hydrogen) atoms. The lowest BCUT2D eigenvalue weighted by molar-refractivity contribution is -0.135. The van der Waals surface area contributed by atoms with E-state index in [-0.39, 0.29) is 5.97 Å². The number of carbonyl (C=O) groups excluding carboxylic acids is 2. The summed E-state index contributed by atoms with van der Waals surface area (Å²) in [7, 11) is 0. The van der Waals surface area contributed by atoms with Crippen LogP contribution in [0.1, 0.15) is 42.1 Å². The quantitative estimate of drug-likeness (QED) is 0.453. The van der Waals surface area contributed by atoms with E-state index in [2.05, 4.69) is 6.92 Å². The molecule has 0 amide bonds. The number of hydrogen-bond donors (Lipinski definition) is 0. The third kappa shape index (κ3) is 4.38. The molecular weight excluding hydrogens is 320 g/mol. The first-order valence-corrected chi connectivity index (χ1v) is 8.44. The average molecular weight is 340 g/mol. The molecule has 5 nitrogen and oxygen atoms in total. The highest BCUT2D eigenvalue weighted by molar-refractivity contribution is 5.91. The molecule has 0 saturated heterocycles. The van der Waals surface area contributed by atoms with Crippen molar-refractivity contribution in [2.75, 3.05) is 6.61 Å². The Bertz CT molecular complexity index is 764. The van der Waals surface area contributed by atoms with Crippen LogP contribution < -0.4 is 14.2 Å². The van der Waals surface area contributed by atoms with Gasteiger partial charge in [-0.25, -0.2) is 4.79 Å². The van der Waals surface area contributed by atoms with Crippen molar-refractivity contribution in [3.05, 3.63) is 53.6 Å². The highest BCUT2D eigenvalue weighted by Gasteiger charge is 2.18. The maximum absolute atomic E-state index is 12.3. The van der Waals surface area contributed by atoms with Crippen LogP contribution in [-0.4, -0.2) is 18.5 Å². The summed E-state index contributed by atoms with van der Waals surface area (Å²) in [5, 5.41) is 0. The molecule has 2 aromatic carbocycles. The fourth-order valence-electron chi connectivity index (χ4n) is 2.51. The number of carbonyl (C=O) groups is 2. The van der Waals surface area contributed by atoms with Crippen LogP contribution in [0, 0.1) is 0 Å². The van der Waals surface area contributed by atoms with Gasteiger partial charge in [-0.05, 0) is 60.9 Å². The van der Waals surface area contributed by atoms with Crippen molar-refractivity contribution in [2.45, 2.75) is 32.6 Å². The highest BCUT2D eigenvalue weighted by atomic mass is 16.5. The summed E-state index contributed by atoms with van der Waals surface area (Å²) in [5.74, 6) is 1.03. The van der Waals surface area contributed by atoms with Gasteiger partial charge in [0.2, 0.25) is 0 Å². The molecule has 0 aliphatic carbocycles. The van der Waals surface area contributed by atoms with Gasteiger partial charge in [0.15, 0.2) is 0 Å². The summed E-state index contributed by atoms with van der Waals surface area (Å²) in [6.45, 7) is 2.77. The first-order chi connectivity index (χ1) is 12.2. The third-order valence-electron chi connectivity index (χ3n) is 3.92. The van der Waals surface area contributed by atoms with Crippen LogP contribution in [-0.2, 0) is 11.2 Å². The number of benzene rings is 2. The minimum atomic E-state index is -0.437. The Hall–Kier alpha value is -2.82. The van der Waals surface area contributed by atoms with Crippen molar-refractivity contribution in [3.8, 4) is 17.2 Å². The molecule has 0 spiro atoms. The normalized spacial score (nSPS) is 12.9. The molecule has 0 radical (unpaired) electrons. The predicted octanol–water partition coefficient (Wildman–Crippen LogP) is 3.94. The van der Waals surface area contributed by atoms with E-state index in [4.69, 9.17) is 14.2 Å². The molecule has 1 aliphatic heterocycles. The van der Waals surface area contributed by atoms with Crippen LogP contribution in [0.15, 0.2) is 42.5 Å². The fourth-order valence-corrected chi connectivity index (χ4v) is 2.51. The van der Waals surface area contributed by atoms with Gasteiger partial charge < -0.3 is 14.2 Å². The van der Waals surface area contributed by atoms with Crippen molar-refractivity contribution in [2.24, 2.45) is 0 Å². The molecule has 0 saturated carbocycles. The van der Waals surface area contributed by atoms with E-state index in [1.807, 2.05) is 0 Å². The van der Waals surface area contributed by atoms with E-state index in [1.54, 1.807) is 42.5 Å². The van der Waals surface area contributed by atoms with Crippen molar-refractivity contribution >= 4 is 11.9 Å². The number of aryl methyl sites for hydroxylation is 1. The lowest BCUT2D eigenvalue weighted by Gasteiger charge is -2.16. The molecule has 1 aliphatic rings. The van der Waals surface area contributed by atoms with Gasteiger partial charge in [0.05, 0.1) is 18.6 Å². The predicted molar refractivity (Wildman–Crippen MR) is 92.2 cm³/mol. The third-order valence-corrected chi connectivity index (χ3v) is 3.92. The molecule has 0 unspecified atom stereocenters. The molecule has 130 valence electrons. The maximum Gasteiger partial charge on any atom is 0.343 e. The van der Waals surface area contributed by atoms with E-state index in [0.717, 1.165) is 24.2 Å². The van der Waals surface area contributed by atoms with Gasteiger partial charge in [0.1, 0.15) is 17.2 Å². The highest BCUT2D eigenvalue weighted by Crippen LogP contribution is 2.29. The lowest BCUT2D eigenvalue weighted by Crippen LogP contribution is -2.16. The Morgan fingerprint density at radius 2 is 1.84 bits per heavy atom. The fraction of sp³-hybridized carbons (Fsp3) is 0.300. The topological polar surface area (TPSA) is 61.8 Å². The zero-order valence-corrected chi connectivity index (χ0v) is 14.1. The van der Waals surface area contributed by atoms with E-state index in [0.29, 0.717) is 36.5 Å². The Morgan fingerprint density at radius 3 is 2.60 bits per heavy atom. The largest absolute Gasteiger partial charge is 0.494 e. The van der Waals surface area contributed by atoms with Crippen molar-refractivity contribution in [3.63, 3.8) is 0 Å². The van der Waals surface area contributed by atoms with E-state index < -0.39 is 5.97 Å². The van der Waals surface area contributed by atoms with Crippen LogP contribution >= 0.6 is 0 Å². The first-order valence-electron chi connectivity index (χ1n) is 8.44. The molecule has 2 aromatic rings. The number of rotatable bonds is 6. The summed E-state index contributed by atoms with van der Waals surface area (Å²) in [5.41, 5.74) is 1.32. The molecule has 0 N–H and O–H groups in total. The molecular formula is C20H20O5. The van der Waals surface area contributed by atoms with Gasteiger partial charge in [-0.3, -0.25) is 4.79 Å². The van der Waals surface area contributed by atoms with Gasteiger partial charge in [-0.2, -0.15) is 0 Å². The van der Waals surface area contributed by atoms with Crippen molar-refractivity contribution in [1.29, 1.82) is 0 Å². The summed E-state index contributed by atoms with van der Waals surface area (Å²) in [6, 6.07) is 11.9. The summed E-state index contributed by atoms with van der Waals surface area (Å²) >= 11 is 0. The van der Waals surface area contributed by atoms with E-state index in [1.165, 1.54) is 0 Å². The molecule has 0 fully saturated rings. The smallest absolute Gasteiger partial charge is 0.343 e. The zero-order valence-electron chi connectivity index (χ0n) is 14.1. The molecule has 3 rings (SSSR count). The standard InChI is InChI=1S/C20H20O5/c1-2-3-12-23-16-7-4-14(5-8-16)20(22)24-17-9-10-18-15(13-17)6-11-19(21)25-18/h4-5,7-10,13H,2-3,6,11-12H2,1H3. The number of ether oxygens (including phenoxy) is 3. The van der Waals surface area contributed by atoms with Crippen molar-refractivity contribution < 1.29 is 23.8 Å². The van der Waals surface area contributed by atoms with Gasteiger partial charge in [0, 0.05) is 0 Å². The zero-order chi connectivity index (χ0) is 17.6. The van der Waals surface area contributed by atoms with Gasteiger partial charge in [-0.15, -0.1) is 0 Å². The van der Waals surface area contributed by atoms with Crippen LogP contribution in [0.4, 0.5) is 0 Å². The average Bonchev–Trinajstić information content (AvgIpc) is 2.62. The van der Waals surface area contributed by atoms with E-state index in [9.17, 15) is 9.59 Å². The van der Waals surface area contributed by atoms with Gasteiger partial charge in [0.25, 0.3) is 0 Å². The Kier molecular flexibility index (Phi) is 5.33. The molecule has 0 bridgehead atoms. The number of fused-ring (bicyclic) bond motifs is 1. The molecule has 0 aromatic heterocycles. The van der Waals surface area contributed by atoms with Crippen LogP contribution in [0.5, 0.6) is 17.2 Å². The minimum absolute atomic E-state index is 0.238. The van der Waals surface area contributed by atoms with E-state index >= 15 is 0 Å². The second kappa shape index (κ2) is 7.83. The monoisotopic (exact) mass is 340 g/mol. The second-order valence-electron chi connectivity index (χ2n) is 5.86. The summed E-state index contributed by atoms with van der Waals surface area (Å²) < 4.78 is 16.1. The van der Waals surface area contributed by atoms with Gasteiger partial charge >= 0.3 is 11.9 Å². The van der Waals surface area contributed by atoms with Crippen LogP contribution in [0.3, 0.4) is 0 Å².